The Kier molecular flexibility index (Phi) is 4.32. The summed E-state index contributed by atoms with van der Waals surface area (Å²) < 4.78 is 0. The maximum absolute atomic E-state index is 6.30. The highest BCUT2D eigenvalue weighted by molar-refractivity contribution is 5.03. The van der Waals surface area contributed by atoms with Crippen molar-refractivity contribution in [1.29, 1.82) is 0 Å². The van der Waals surface area contributed by atoms with Crippen LogP contribution in [0.2, 0.25) is 0 Å². The van der Waals surface area contributed by atoms with Gasteiger partial charge in [0.05, 0.1) is 0 Å². The smallest absolute Gasteiger partial charge is 0.0339 e. The van der Waals surface area contributed by atoms with Gasteiger partial charge >= 0.3 is 0 Å². The summed E-state index contributed by atoms with van der Waals surface area (Å²) >= 11 is 0. The van der Waals surface area contributed by atoms with E-state index in [1.807, 2.05) is 0 Å². The SMILES string of the molecule is CC1CC(C)C(C)N(C2(CN)CCCC(C)(C)C2)C1. The number of hydrogen-bond donors (Lipinski definition) is 1. The van der Waals surface area contributed by atoms with Gasteiger partial charge in [0.2, 0.25) is 0 Å². The van der Waals surface area contributed by atoms with E-state index in [-0.39, 0.29) is 5.54 Å². The highest BCUT2D eigenvalue weighted by Gasteiger charge is 2.47. The highest BCUT2D eigenvalue weighted by Crippen LogP contribution is 2.46. The van der Waals surface area contributed by atoms with Crippen LogP contribution >= 0.6 is 0 Å². The molecule has 2 rings (SSSR count). The van der Waals surface area contributed by atoms with Gasteiger partial charge in [0, 0.05) is 24.7 Å². The van der Waals surface area contributed by atoms with E-state index in [1.165, 1.54) is 38.6 Å². The molecule has 2 heteroatoms. The summed E-state index contributed by atoms with van der Waals surface area (Å²) in [5.41, 5.74) is 7.03. The minimum Gasteiger partial charge on any atom is -0.329 e. The van der Waals surface area contributed by atoms with Crippen LogP contribution in [-0.4, -0.2) is 29.6 Å². The second-order valence-corrected chi connectivity index (χ2v) is 8.33. The molecule has 2 N–H and O–H groups in total. The van der Waals surface area contributed by atoms with Gasteiger partial charge in [-0.2, -0.15) is 0 Å². The number of nitrogens with two attached hydrogens (primary N) is 1. The lowest BCUT2D eigenvalue weighted by atomic mass is 9.66. The Morgan fingerprint density at radius 2 is 1.84 bits per heavy atom. The minimum atomic E-state index is 0.268. The van der Waals surface area contributed by atoms with E-state index in [0.717, 1.165) is 18.4 Å². The van der Waals surface area contributed by atoms with E-state index >= 15 is 0 Å². The first kappa shape index (κ1) is 15.3. The molecule has 0 amide bonds. The molecule has 0 aromatic carbocycles. The fraction of sp³-hybridized carbons (Fsp3) is 1.00. The zero-order valence-electron chi connectivity index (χ0n) is 13.7. The molecule has 112 valence electrons. The number of likely N-dealkylation sites (tertiary alicyclic amines) is 1. The van der Waals surface area contributed by atoms with E-state index in [0.29, 0.717) is 11.5 Å². The van der Waals surface area contributed by atoms with Crippen molar-refractivity contribution in [2.24, 2.45) is 23.0 Å². The van der Waals surface area contributed by atoms with Gasteiger partial charge in [-0.1, -0.05) is 34.1 Å². The van der Waals surface area contributed by atoms with Gasteiger partial charge in [-0.05, 0) is 49.9 Å². The summed E-state index contributed by atoms with van der Waals surface area (Å²) in [5.74, 6) is 1.62. The van der Waals surface area contributed by atoms with Crippen LogP contribution in [0.1, 0.15) is 66.7 Å². The molecule has 2 nitrogen and oxygen atoms in total. The van der Waals surface area contributed by atoms with Gasteiger partial charge < -0.3 is 5.73 Å². The molecule has 2 fully saturated rings. The Morgan fingerprint density at radius 1 is 1.16 bits per heavy atom. The Morgan fingerprint density at radius 3 is 2.42 bits per heavy atom. The maximum Gasteiger partial charge on any atom is 0.0339 e. The molecule has 0 radical (unpaired) electrons. The summed E-state index contributed by atoms with van der Waals surface area (Å²) in [7, 11) is 0. The number of rotatable bonds is 2. The normalized spacial score (nSPS) is 44.2. The molecule has 1 saturated carbocycles. The molecule has 4 unspecified atom stereocenters. The Balaban J connectivity index is 2.24. The zero-order chi connectivity index (χ0) is 14.3. The van der Waals surface area contributed by atoms with Gasteiger partial charge in [-0.3, -0.25) is 4.90 Å². The topological polar surface area (TPSA) is 29.3 Å². The van der Waals surface area contributed by atoms with Gasteiger partial charge in [-0.25, -0.2) is 0 Å². The third-order valence-corrected chi connectivity index (χ3v) is 5.89. The number of nitrogens with zero attached hydrogens (tertiary/aromatic N) is 1. The molecule has 1 heterocycles. The highest BCUT2D eigenvalue weighted by atomic mass is 15.2. The average Bonchev–Trinajstić information content (AvgIpc) is 2.32. The summed E-state index contributed by atoms with van der Waals surface area (Å²) in [4.78, 5) is 2.80. The Bertz CT molecular complexity index is 312. The Hall–Kier alpha value is -0.0800. The largest absolute Gasteiger partial charge is 0.329 e. The minimum absolute atomic E-state index is 0.268. The van der Waals surface area contributed by atoms with E-state index in [4.69, 9.17) is 5.73 Å². The third-order valence-electron chi connectivity index (χ3n) is 5.89. The van der Waals surface area contributed by atoms with E-state index in [1.54, 1.807) is 0 Å². The van der Waals surface area contributed by atoms with Gasteiger partial charge in [0.1, 0.15) is 0 Å². The molecule has 0 bridgehead atoms. The molecule has 1 aliphatic carbocycles. The van der Waals surface area contributed by atoms with E-state index < -0.39 is 0 Å². The van der Waals surface area contributed by atoms with Gasteiger partial charge in [-0.15, -0.1) is 0 Å². The fourth-order valence-corrected chi connectivity index (χ4v) is 4.84. The van der Waals surface area contributed by atoms with Crippen molar-refractivity contribution in [3.8, 4) is 0 Å². The molecule has 1 aliphatic heterocycles. The van der Waals surface area contributed by atoms with Crippen molar-refractivity contribution in [1.82, 2.24) is 4.90 Å². The van der Waals surface area contributed by atoms with Crippen LogP contribution in [-0.2, 0) is 0 Å². The molecule has 1 saturated heterocycles. The summed E-state index contributed by atoms with van der Waals surface area (Å²) in [5, 5.41) is 0. The van der Waals surface area contributed by atoms with Gasteiger partial charge in [0.25, 0.3) is 0 Å². The third kappa shape index (κ3) is 3.00. The Labute approximate surface area is 120 Å². The van der Waals surface area contributed by atoms with Crippen LogP contribution in [0, 0.1) is 17.3 Å². The van der Waals surface area contributed by atoms with Gasteiger partial charge in [0.15, 0.2) is 0 Å². The molecule has 19 heavy (non-hydrogen) atoms. The first-order chi connectivity index (χ1) is 8.80. The first-order valence-corrected chi connectivity index (χ1v) is 8.26. The molecule has 0 aromatic rings. The van der Waals surface area contributed by atoms with Crippen molar-refractivity contribution in [2.45, 2.75) is 78.3 Å². The lowest BCUT2D eigenvalue weighted by Crippen LogP contribution is -2.64. The van der Waals surface area contributed by atoms with Crippen LogP contribution in [0.3, 0.4) is 0 Å². The van der Waals surface area contributed by atoms with Crippen LogP contribution in [0.5, 0.6) is 0 Å². The van der Waals surface area contributed by atoms with Crippen molar-refractivity contribution in [2.75, 3.05) is 13.1 Å². The van der Waals surface area contributed by atoms with Crippen LogP contribution in [0.4, 0.5) is 0 Å². The molecular formula is C17H34N2. The molecule has 0 aromatic heterocycles. The monoisotopic (exact) mass is 266 g/mol. The van der Waals surface area contributed by atoms with E-state index in [2.05, 4.69) is 39.5 Å². The average molecular weight is 266 g/mol. The second kappa shape index (κ2) is 5.37. The quantitative estimate of drug-likeness (QED) is 0.826. The van der Waals surface area contributed by atoms with Crippen LogP contribution < -0.4 is 5.73 Å². The molecule has 2 aliphatic rings. The molecule has 0 spiro atoms. The first-order valence-electron chi connectivity index (χ1n) is 8.26. The van der Waals surface area contributed by atoms with Crippen molar-refractivity contribution in [3.63, 3.8) is 0 Å². The standard InChI is InChI=1S/C17H34N2/c1-13-9-14(2)15(3)19(10-13)17(12-18)8-6-7-16(4,5)11-17/h13-15H,6-12,18H2,1-5H3. The fourth-order valence-electron chi connectivity index (χ4n) is 4.84. The second-order valence-electron chi connectivity index (χ2n) is 8.33. The van der Waals surface area contributed by atoms with Crippen LogP contribution in [0.25, 0.3) is 0 Å². The summed E-state index contributed by atoms with van der Waals surface area (Å²) in [6.07, 6.45) is 6.66. The predicted molar refractivity (Wildman–Crippen MR) is 83.1 cm³/mol. The van der Waals surface area contributed by atoms with Crippen LogP contribution in [0.15, 0.2) is 0 Å². The zero-order valence-corrected chi connectivity index (χ0v) is 13.7. The number of hydrogen-bond acceptors (Lipinski definition) is 2. The lowest BCUT2D eigenvalue weighted by Gasteiger charge is -2.56. The lowest BCUT2D eigenvalue weighted by molar-refractivity contribution is -0.0587. The van der Waals surface area contributed by atoms with Crippen molar-refractivity contribution < 1.29 is 0 Å². The molecular weight excluding hydrogens is 232 g/mol. The summed E-state index contributed by atoms with van der Waals surface area (Å²) in [6, 6.07) is 0.689. The van der Waals surface area contributed by atoms with Crippen molar-refractivity contribution in [3.05, 3.63) is 0 Å². The number of piperidine rings is 1. The maximum atomic E-state index is 6.30. The molecule has 4 atom stereocenters. The summed E-state index contributed by atoms with van der Waals surface area (Å²) in [6.45, 7) is 14.2. The van der Waals surface area contributed by atoms with E-state index in [9.17, 15) is 0 Å². The van der Waals surface area contributed by atoms with Crippen molar-refractivity contribution >= 4 is 0 Å². The predicted octanol–water partition coefficient (Wildman–Crippen LogP) is 3.65.